The molecule has 0 nitrogen and oxygen atoms in total. The van der Waals surface area contributed by atoms with Gasteiger partial charge >= 0.3 is 0 Å². The molecule has 0 aromatic heterocycles. The Hall–Kier alpha value is 3.32. The van der Waals surface area contributed by atoms with Crippen molar-refractivity contribution in [1.82, 2.24) is 0 Å². The van der Waals surface area contributed by atoms with E-state index in [1.807, 2.05) is 0 Å². The fourth-order valence-corrected chi connectivity index (χ4v) is 0. The Morgan fingerprint density at radius 2 is 1.00 bits per heavy atom. The molecule has 1 unspecified atom stereocenters. The number of hydrogen-bond donors (Lipinski definition) is 0. The normalized spacial score (nSPS) is 0. The fraction of sp³-hybridized carbons (Fsp3) is 1.00. The van der Waals surface area contributed by atoms with Crippen LogP contribution >= 0.6 is 23.4 Å². The third-order valence-electron chi connectivity index (χ3n) is 0. The van der Waals surface area contributed by atoms with Gasteiger partial charge in [-0.2, -0.15) is 23.4 Å². The van der Waals surface area contributed by atoms with Crippen LogP contribution in [0.1, 0.15) is 7.43 Å². The fourth-order valence-electron chi connectivity index (χ4n) is 0. The third kappa shape index (κ3) is 58.5. The van der Waals surface area contributed by atoms with Gasteiger partial charge in [-0.3, -0.25) is 0 Å². The van der Waals surface area contributed by atoms with Crippen LogP contribution in [0.25, 0.3) is 0 Å². The van der Waals surface area contributed by atoms with Crippen LogP contribution in [0.2, 0.25) is 0 Å². The number of rotatable bonds is 0. The first kappa shape index (κ1) is 109. The molecule has 0 fully saturated rings. The Morgan fingerprint density at radius 1 is 1.00 bits per heavy atom. The second kappa shape index (κ2) is 81.3. The van der Waals surface area contributed by atoms with Crippen LogP contribution in [0.4, 0.5) is 0 Å². The van der Waals surface area contributed by atoms with E-state index in [2.05, 4.69) is 0 Å². The van der Waals surface area contributed by atoms with Gasteiger partial charge in [0.1, 0.15) is 0 Å². The molecule has 1 atom stereocenters. The van der Waals surface area contributed by atoms with Crippen LogP contribution in [0.15, 0.2) is 0 Å². The first-order chi connectivity index (χ1) is 0. The molecule has 0 saturated carbocycles. The molecule has 6 radical (unpaired) electrons. The summed E-state index contributed by atoms with van der Waals surface area (Å²) in [6.45, 7) is 0. The van der Waals surface area contributed by atoms with Gasteiger partial charge in [0.05, 0.1) is 0 Å². The Morgan fingerprint density at radius 3 is 1.00 bits per heavy atom. The molecule has 0 rings (SSSR count). The van der Waals surface area contributed by atoms with E-state index in [0.717, 1.165) is 0 Å². The Balaban J connectivity index is 0. The molecule has 0 bridgehead atoms. The van der Waals surface area contributed by atoms with Crippen molar-refractivity contribution in [1.29, 1.82) is 0 Å². The Bertz CT molecular complexity index is 24.0. The second-order valence-corrected chi connectivity index (χ2v) is 0. The molecule has 0 aliphatic carbocycles. The average Bonchev–Trinajstić information content (AvgIpc) is 0. The summed E-state index contributed by atoms with van der Waals surface area (Å²) in [5.74, 6) is 0. The third-order valence-corrected chi connectivity index (χ3v) is 0. The van der Waals surface area contributed by atoms with Gasteiger partial charge in [0, 0.05) is 85.0 Å². The van der Waals surface area contributed by atoms with Crippen molar-refractivity contribution in [3.05, 3.63) is 0 Å². The largest absolute Gasteiger partial charge is 0.197 e. The topological polar surface area (TPSA) is 0 Å². The van der Waals surface area contributed by atoms with Gasteiger partial charge in [0.25, 0.3) is 0 Å². The molecule has 0 heterocycles. The van der Waals surface area contributed by atoms with Crippen molar-refractivity contribution in [2.45, 2.75) is 7.43 Å². The zero-order chi connectivity index (χ0) is 0. The van der Waals surface area contributed by atoms with Gasteiger partial charge in [0.15, 0.2) is 0 Å². The van der Waals surface area contributed by atoms with Crippen molar-refractivity contribution >= 4 is 34.4 Å². The van der Waals surface area contributed by atoms with Crippen molar-refractivity contribution in [3.63, 3.8) is 0 Å². The molecule has 0 aromatic rings. The zero-order valence-corrected chi connectivity index (χ0v) is 12.6. The summed E-state index contributed by atoms with van der Waals surface area (Å²) in [4.78, 5) is 0. The van der Waals surface area contributed by atoms with Crippen molar-refractivity contribution in [2.75, 3.05) is 0 Å². The van der Waals surface area contributed by atoms with Gasteiger partial charge in [0.2, 0.25) is 0 Å². The first-order valence-electron chi connectivity index (χ1n) is 0. The summed E-state index contributed by atoms with van der Waals surface area (Å²) in [5.41, 5.74) is 0. The Labute approximate surface area is 114 Å². The number of hydrogen-bond acceptors (Lipinski definition) is 0. The maximum atomic E-state index is 0. The summed E-state index contributed by atoms with van der Waals surface area (Å²) in [6, 6.07) is 0. The monoisotopic (exact) mass is 368 g/mol. The van der Waals surface area contributed by atoms with Crippen LogP contribution < -0.4 is 0 Å². The summed E-state index contributed by atoms with van der Waals surface area (Å²) in [7, 11) is 0. The summed E-state index contributed by atoms with van der Waals surface area (Å²) < 4.78 is 0. The van der Waals surface area contributed by atoms with E-state index in [1.54, 1.807) is 0 Å². The van der Waals surface area contributed by atoms with Crippen molar-refractivity contribution in [3.8, 4) is 0 Å². The molecule has 8 heavy (non-hydrogen) atoms. The van der Waals surface area contributed by atoms with E-state index in [9.17, 15) is 0 Å². The van der Waals surface area contributed by atoms with E-state index in [-0.39, 0.29) is 116 Å². The van der Waals surface area contributed by atoms with Gasteiger partial charge in [-0.1, -0.05) is 7.43 Å². The van der Waals surface area contributed by atoms with Crippen LogP contribution in [-0.2, 0) is 74.1 Å². The van der Waals surface area contributed by atoms with Gasteiger partial charge in [-0.15, -0.1) is 0 Å². The standard InChI is InChI=1S/CH4.Cr.Mn.Mo.H3P.H2S.Si.V/h1H4;;;;1H3;1H2;;. The second-order valence-electron chi connectivity index (χ2n) is 0. The first-order valence-corrected chi connectivity index (χ1v) is 0. The predicted octanol–water partition coefficient (Wildman–Crippen LogP) is 0.416. The average molecular weight is 366 g/mol. The molecule has 0 aliphatic heterocycles. The molecule has 0 spiro atoms. The minimum absolute atomic E-state index is 0. The predicted molar refractivity (Wildman–Crippen MR) is 34.0 cm³/mol. The van der Waals surface area contributed by atoms with Crippen LogP contribution in [0.5, 0.6) is 0 Å². The summed E-state index contributed by atoms with van der Waals surface area (Å²) in [5, 5.41) is 0. The maximum Gasteiger partial charge on any atom is 0 e. The summed E-state index contributed by atoms with van der Waals surface area (Å²) >= 11 is 0. The van der Waals surface area contributed by atoms with Gasteiger partial charge in [-0.25, -0.2) is 0 Å². The van der Waals surface area contributed by atoms with E-state index < -0.39 is 0 Å². The minimum Gasteiger partial charge on any atom is -0.197 e. The van der Waals surface area contributed by atoms with Crippen LogP contribution in [0, 0.1) is 0 Å². The quantitative estimate of drug-likeness (QED) is 0.431. The Kier molecular flexibility index (Phi) is 1110. The molecular weight excluding hydrogens is 357 g/mol. The molecule has 0 N–H and O–H groups in total. The minimum atomic E-state index is 0. The molecule has 0 amide bonds. The molecular formula is CH9CrMnMoPSSiV. The maximum absolute atomic E-state index is 0. The van der Waals surface area contributed by atoms with E-state index >= 15 is 0 Å². The molecule has 52 valence electrons. The molecule has 0 aliphatic rings. The smallest absolute Gasteiger partial charge is 0 e. The molecule has 7 heteroatoms. The molecule has 0 saturated heterocycles. The summed E-state index contributed by atoms with van der Waals surface area (Å²) in [6.07, 6.45) is 0. The van der Waals surface area contributed by atoms with E-state index in [0.29, 0.717) is 0 Å². The van der Waals surface area contributed by atoms with E-state index in [4.69, 9.17) is 0 Å². The van der Waals surface area contributed by atoms with Crippen molar-refractivity contribution in [2.24, 2.45) is 0 Å². The molecule has 0 aromatic carbocycles. The SMILES string of the molecule is C.P.S.[Cr].[Mn].[Mo].[Si].[V]. The van der Waals surface area contributed by atoms with Crippen LogP contribution in [-0.4, -0.2) is 11.0 Å². The zero-order valence-electron chi connectivity index (χ0n) is 3.35. The van der Waals surface area contributed by atoms with Crippen molar-refractivity contribution < 1.29 is 74.1 Å². The van der Waals surface area contributed by atoms with Gasteiger partial charge < -0.3 is 0 Å². The van der Waals surface area contributed by atoms with Gasteiger partial charge in [-0.05, 0) is 0 Å². The van der Waals surface area contributed by atoms with Crippen LogP contribution in [0.3, 0.4) is 0 Å². The van der Waals surface area contributed by atoms with E-state index in [1.165, 1.54) is 0 Å².